The summed E-state index contributed by atoms with van der Waals surface area (Å²) in [4.78, 5) is 45.9. The van der Waals surface area contributed by atoms with E-state index < -0.39 is 18.0 Å². The molecule has 0 radical (unpaired) electrons. The number of nitrogens with one attached hydrogen (secondary N) is 1. The van der Waals surface area contributed by atoms with Gasteiger partial charge >= 0.3 is 12.1 Å². The molecule has 0 bridgehead atoms. The van der Waals surface area contributed by atoms with Crippen molar-refractivity contribution in [1.82, 2.24) is 19.3 Å². The maximum Gasteiger partial charge on any atom is 0.490 e. The predicted molar refractivity (Wildman–Crippen MR) is 163 cm³/mol. The Balaban J connectivity index is 0.000000515. The Kier molecular flexibility index (Phi) is 9.37. The van der Waals surface area contributed by atoms with Crippen LogP contribution in [0.25, 0.3) is 15.7 Å². The Labute approximate surface area is 266 Å². The van der Waals surface area contributed by atoms with Crippen LogP contribution in [0.5, 0.6) is 0 Å². The number of para-hydroxylation sites is 1. The number of thiazole rings is 1. The molecule has 2 aromatic carbocycles. The van der Waals surface area contributed by atoms with Crippen molar-refractivity contribution in [2.45, 2.75) is 19.0 Å². The van der Waals surface area contributed by atoms with Crippen molar-refractivity contribution in [1.29, 1.82) is 0 Å². The molecule has 0 spiro atoms. The van der Waals surface area contributed by atoms with Crippen molar-refractivity contribution < 1.29 is 32.3 Å². The normalized spacial score (nSPS) is 13.9. The Hall–Kier alpha value is -4.14. The van der Waals surface area contributed by atoms with Crippen molar-refractivity contribution in [3.63, 3.8) is 0 Å². The van der Waals surface area contributed by atoms with E-state index in [1.54, 1.807) is 39.0 Å². The van der Waals surface area contributed by atoms with Crippen molar-refractivity contribution in [2.75, 3.05) is 31.1 Å². The fraction of sp³-hybridized carbons (Fsp3) is 0.241. The molecule has 0 unspecified atom stereocenters. The third-order valence-corrected chi connectivity index (χ3v) is 8.87. The number of aromatic nitrogens is 3. The zero-order chi connectivity index (χ0) is 32.5. The third kappa shape index (κ3) is 7.08. The maximum atomic E-state index is 14.9. The molecule has 2 N–H and O–H groups in total. The number of halogens is 6. The summed E-state index contributed by atoms with van der Waals surface area (Å²) < 4.78 is 49.3. The number of carbonyl (C=O) groups excluding carboxylic acids is 1. The summed E-state index contributed by atoms with van der Waals surface area (Å²) in [6, 6.07) is 14.0. The number of hydrogen-bond donors (Lipinski definition) is 2. The molecule has 3 aromatic heterocycles. The predicted octanol–water partition coefficient (Wildman–Crippen LogP) is 6.26. The number of amides is 1. The number of carboxylic acids is 1. The van der Waals surface area contributed by atoms with Crippen molar-refractivity contribution >= 4 is 67.3 Å². The monoisotopic (exact) mass is 683 g/mol. The number of carbonyl (C=O) groups is 2. The van der Waals surface area contributed by atoms with Gasteiger partial charge in [0.05, 0.1) is 20.8 Å². The summed E-state index contributed by atoms with van der Waals surface area (Å²) in [7, 11) is 0. The summed E-state index contributed by atoms with van der Waals surface area (Å²) in [5.74, 6) is -3.67. The van der Waals surface area contributed by atoms with Crippen LogP contribution in [0.4, 0.5) is 22.7 Å². The molecule has 1 aliphatic heterocycles. The second kappa shape index (κ2) is 13.1. The van der Waals surface area contributed by atoms with Gasteiger partial charge in [-0.15, -0.1) is 0 Å². The number of aliphatic carboxylic acids is 1. The maximum absolute atomic E-state index is 14.9. The molecule has 6 rings (SSSR count). The number of nitrogens with zero attached hydrogens (tertiary/aromatic N) is 4. The molecular weight excluding hydrogens is 661 g/mol. The lowest BCUT2D eigenvalue weighted by molar-refractivity contribution is -0.192. The fourth-order valence-electron chi connectivity index (χ4n) is 4.85. The lowest BCUT2D eigenvalue weighted by atomic mass is 10.0. The van der Waals surface area contributed by atoms with E-state index in [-0.39, 0.29) is 27.2 Å². The van der Waals surface area contributed by atoms with Gasteiger partial charge < -0.3 is 19.9 Å². The van der Waals surface area contributed by atoms with E-state index in [4.69, 9.17) is 38.1 Å². The minimum Gasteiger partial charge on any atom is -0.475 e. The first kappa shape index (κ1) is 32.3. The van der Waals surface area contributed by atoms with E-state index in [1.165, 1.54) is 12.1 Å². The summed E-state index contributed by atoms with van der Waals surface area (Å²) in [5.41, 5.74) is 2.34. The largest absolute Gasteiger partial charge is 0.490 e. The Morgan fingerprint density at radius 1 is 1.04 bits per heavy atom. The van der Waals surface area contributed by atoms with E-state index in [2.05, 4.69) is 16.0 Å². The highest BCUT2D eigenvalue weighted by Crippen LogP contribution is 2.30. The van der Waals surface area contributed by atoms with Gasteiger partial charge in [-0.05, 0) is 42.3 Å². The average Bonchev–Trinajstić information content (AvgIpc) is 3.46. The number of alkyl halides is 3. The first-order valence-corrected chi connectivity index (χ1v) is 15.0. The van der Waals surface area contributed by atoms with Crippen LogP contribution >= 0.6 is 34.5 Å². The summed E-state index contributed by atoms with van der Waals surface area (Å²) in [6.07, 6.45) is -2.47. The van der Waals surface area contributed by atoms with Gasteiger partial charge in [-0.3, -0.25) is 14.0 Å². The number of hydrogen-bond acceptors (Lipinski definition) is 6. The number of anilines is 1. The summed E-state index contributed by atoms with van der Waals surface area (Å²) >= 11 is 14.1. The smallest absolute Gasteiger partial charge is 0.475 e. The van der Waals surface area contributed by atoms with E-state index in [0.717, 1.165) is 28.3 Å². The van der Waals surface area contributed by atoms with Crippen LogP contribution < -0.4 is 10.5 Å². The molecule has 16 heteroatoms. The molecule has 0 aliphatic carbocycles. The van der Waals surface area contributed by atoms with Crippen LogP contribution in [0.15, 0.2) is 59.5 Å². The van der Waals surface area contributed by atoms with Crippen LogP contribution in [0.2, 0.25) is 10.2 Å². The van der Waals surface area contributed by atoms with E-state index >= 15 is 0 Å². The summed E-state index contributed by atoms with van der Waals surface area (Å²) in [5, 5.41) is 8.55. The molecule has 5 aromatic rings. The number of H-pyrrole nitrogens is 1. The standard InChI is InChI=1S/C27H22Cl2FN5O2S.C2HF3O2/c28-19-14-22-25(36)31-15-17(35(22)24(19)29)12-16-6-7-20(30)18(13-16)26(37)33-8-3-9-34(11-10-33)27-32-21-4-1-2-5-23(21)38-27;3-2(4,5)1(6)7/h1-2,4-7,13-15H,3,8-12H2,(H,31,36);(H,6,7). The highest BCUT2D eigenvalue weighted by molar-refractivity contribution is 7.22. The summed E-state index contributed by atoms with van der Waals surface area (Å²) in [6.45, 7) is 2.39. The van der Waals surface area contributed by atoms with Gasteiger partial charge in [-0.2, -0.15) is 13.2 Å². The molecule has 0 atom stereocenters. The molecule has 1 fully saturated rings. The van der Waals surface area contributed by atoms with E-state index in [1.807, 2.05) is 18.2 Å². The first-order valence-electron chi connectivity index (χ1n) is 13.4. The zero-order valence-electron chi connectivity index (χ0n) is 23.1. The number of aromatic amines is 1. The molecule has 9 nitrogen and oxygen atoms in total. The van der Waals surface area contributed by atoms with Crippen LogP contribution in [-0.4, -0.2) is 68.6 Å². The molecule has 1 amide bonds. The molecule has 0 saturated carbocycles. The van der Waals surface area contributed by atoms with E-state index in [0.29, 0.717) is 42.8 Å². The second-order valence-corrected chi connectivity index (χ2v) is 11.8. The van der Waals surface area contributed by atoms with E-state index in [9.17, 15) is 27.2 Å². The molecule has 236 valence electrons. The van der Waals surface area contributed by atoms with Crippen molar-refractivity contribution in [3.8, 4) is 0 Å². The lowest BCUT2D eigenvalue weighted by Gasteiger charge is -2.22. The molecule has 45 heavy (non-hydrogen) atoms. The quantitative estimate of drug-likeness (QED) is 0.217. The average molecular weight is 684 g/mol. The first-order chi connectivity index (χ1) is 21.3. The molecular formula is C29H23Cl2F4N5O4S. The Morgan fingerprint density at radius 2 is 1.78 bits per heavy atom. The third-order valence-electron chi connectivity index (χ3n) is 7.01. The zero-order valence-corrected chi connectivity index (χ0v) is 25.4. The molecule has 1 aliphatic rings. The Morgan fingerprint density at radius 3 is 2.49 bits per heavy atom. The van der Waals surface area contributed by atoms with Crippen molar-refractivity contribution in [3.05, 3.63) is 97.9 Å². The second-order valence-electron chi connectivity index (χ2n) is 10.0. The minimum atomic E-state index is -5.08. The number of fused-ring (bicyclic) bond motifs is 2. The van der Waals surface area contributed by atoms with Crippen LogP contribution in [0.1, 0.15) is 28.0 Å². The van der Waals surface area contributed by atoms with Gasteiger partial charge in [0.25, 0.3) is 11.5 Å². The van der Waals surface area contributed by atoms with Gasteiger partial charge in [0.15, 0.2) is 5.13 Å². The number of carboxylic acid groups (broad SMARTS) is 1. The van der Waals surface area contributed by atoms with Crippen LogP contribution in [-0.2, 0) is 11.2 Å². The van der Waals surface area contributed by atoms with Gasteiger partial charge in [-0.1, -0.05) is 52.7 Å². The molecule has 4 heterocycles. The highest BCUT2D eigenvalue weighted by atomic mass is 35.5. The van der Waals surface area contributed by atoms with Crippen LogP contribution in [0, 0.1) is 5.82 Å². The van der Waals surface area contributed by atoms with Crippen LogP contribution in [0.3, 0.4) is 0 Å². The highest BCUT2D eigenvalue weighted by Gasteiger charge is 2.38. The van der Waals surface area contributed by atoms with Gasteiger partial charge in [0.1, 0.15) is 16.5 Å². The van der Waals surface area contributed by atoms with Gasteiger partial charge in [0.2, 0.25) is 0 Å². The fourth-order valence-corrected chi connectivity index (χ4v) is 6.31. The minimum absolute atomic E-state index is 0.0215. The number of rotatable bonds is 4. The van der Waals surface area contributed by atoms with Gasteiger partial charge in [0, 0.05) is 44.5 Å². The Bertz CT molecular complexity index is 1930. The lowest BCUT2D eigenvalue weighted by Crippen LogP contribution is -2.35. The van der Waals surface area contributed by atoms with Crippen molar-refractivity contribution in [2.24, 2.45) is 0 Å². The number of benzene rings is 2. The SMILES string of the molecule is O=C(O)C(F)(F)F.O=C(c1cc(Cc2c[nH]c(=O)c3cc(Cl)c(Cl)n23)ccc1F)N1CCCN(c2nc3ccccc3s2)CC1. The molecule has 1 saturated heterocycles. The topological polar surface area (TPSA) is 111 Å². The van der Waals surface area contributed by atoms with Gasteiger partial charge in [-0.25, -0.2) is 14.2 Å².